The Kier molecular flexibility index (Phi) is 4.75. The van der Waals surface area contributed by atoms with Crippen molar-refractivity contribution in [3.05, 3.63) is 35.4 Å². The van der Waals surface area contributed by atoms with Gasteiger partial charge in [0.25, 0.3) is 0 Å². The molecule has 1 aromatic rings. The van der Waals surface area contributed by atoms with Crippen LogP contribution in [0.2, 0.25) is 0 Å². The predicted molar refractivity (Wildman–Crippen MR) is 62.3 cm³/mol. The van der Waals surface area contributed by atoms with Crippen molar-refractivity contribution < 1.29 is 4.74 Å². The minimum Gasteiger partial charge on any atom is -0.359 e. The van der Waals surface area contributed by atoms with Crippen molar-refractivity contribution in [1.29, 1.82) is 0 Å². The fourth-order valence-electron chi connectivity index (χ4n) is 1.39. The number of aryl methyl sites for hydroxylation is 1. The first-order chi connectivity index (χ1) is 7.13. The van der Waals surface area contributed by atoms with Crippen LogP contribution in [0.3, 0.4) is 0 Å². The highest BCUT2D eigenvalue weighted by Crippen LogP contribution is 2.15. The second kappa shape index (κ2) is 5.85. The highest BCUT2D eigenvalue weighted by Gasteiger charge is 2.11. The molecular weight excluding hydrogens is 188 g/mol. The number of benzene rings is 1. The lowest BCUT2D eigenvalue weighted by Crippen LogP contribution is -2.38. The highest BCUT2D eigenvalue weighted by molar-refractivity contribution is 5.22. The summed E-state index contributed by atoms with van der Waals surface area (Å²) in [5.74, 6) is 0. The van der Waals surface area contributed by atoms with Gasteiger partial charge in [0.15, 0.2) is 0 Å². The summed E-state index contributed by atoms with van der Waals surface area (Å²) in [6, 6.07) is 8.27. The van der Waals surface area contributed by atoms with E-state index in [1.54, 1.807) is 0 Å². The fraction of sp³-hybridized carbons (Fsp3) is 0.500. The average Bonchev–Trinajstić information content (AvgIpc) is 2.17. The maximum atomic E-state index is 5.70. The summed E-state index contributed by atoms with van der Waals surface area (Å²) in [5, 5.41) is 3.17. The molecule has 0 heterocycles. The molecule has 0 saturated heterocycles. The molecule has 1 aromatic carbocycles. The third-order valence-electron chi connectivity index (χ3n) is 2.13. The number of rotatable bonds is 5. The SMILES string of the molecule is CCOC(NC(C)N)c1ccc(C)cc1. The van der Waals surface area contributed by atoms with E-state index in [1.165, 1.54) is 5.56 Å². The van der Waals surface area contributed by atoms with Gasteiger partial charge in [-0.15, -0.1) is 0 Å². The van der Waals surface area contributed by atoms with Crippen molar-refractivity contribution >= 4 is 0 Å². The molecule has 84 valence electrons. The Bertz CT molecular complexity index is 282. The van der Waals surface area contributed by atoms with E-state index in [-0.39, 0.29) is 12.4 Å². The number of hydrogen-bond acceptors (Lipinski definition) is 3. The lowest BCUT2D eigenvalue weighted by molar-refractivity contribution is 0.0302. The topological polar surface area (TPSA) is 47.3 Å². The van der Waals surface area contributed by atoms with Crippen molar-refractivity contribution in [3.63, 3.8) is 0 Å². The van der Waals surface area contributed by atoms with Crippen LogP contribution >= 0.6 is 0 Å². The standard InChI is InChI=1S/C12H20N2O/c1-4-15-12(14-10(3)13)11-7-5-9(2)6-8-11/h5-8,10,12,14H,4,13H2,1-3H3. The summed E-state index contributed by atoms with van der Waals surface area (Å²) in [6.07, 6.45) is -0.196. The normalized spacial score (nSPS) is 14.9. The minimum atomic E-state index is -0.115. The molecule has 0 aliphatic heterocycles. The Morgan fingerprint density at radius 1 is 1.33 bits per heavy atom. The molecule has 0 fully saturated rings. The summed E-state index contributed by atoms with van der Waals surface area (Å²) in [6.45, 7) is 6.61. The van der Waals surface area contributed by atoms with Gasteiger partial charge in [-0.1, -0.05) is 29.8 Å². The van der Waals surface area contributed by atoms with Crippen LogP contribution in [0.4, 0.5) is 0 Å². The first-order valence-corrected chi connectivity index (χ1v) is 5.33. The summed E-state index contributed by atoms with van der Waals surface area (Å²) < 4.78 is 5.59. The van der Waals surface area contributed by atoms with Crippen LogP contribution in [-0.2, 0) is 4.74 Å². The zero-order valence-electron chi connectivity index (χ0n) is 9.66. The van der Waals surface area contributed by atoms with Gasteiger partial charge in [0.05, 0.1) is 6.17 Å². The first kappa shape index (κ1) is 12.2. The molecule has 0 amide bonds. The molecule has 2 atom stereocenters. The van der Waals surface area contributed by atoms with Gasteiger partial charge in [-0.25, -0.2) is 0 Å². The first-order valence-electron chi connectivity index (χ1n) is 5.33. The highest BCUT2D eigenvalue weighted by atomic mass is 16.5. The largest absolute Gasteiger partial charge is 0.359 e. The maximum absolute atomic E-state index is 5.70. The van der Waals surface area contributed by atoms with Crippen molar-refractivity contribution in [2.24, 2.45) is 5.73 Å². The molecule has 3 nitrogen and oxygen atoms in total. The van der Waals surface area contributed by atoms with Crippen LogP contribution < -0.4 is 11.1 Å². The second-order valence-electron chi connectivity index (χ2n) is 3.70. The van der Waals surface area contributed by atoms with E-state index >= 15 is 0 Å². The number of nitrogens with two attached hydrogens (primary N) is 1. The quantitative estimate of drug-likeness (QED) is 0.727. The van der Waals surface area contributed by atoms with Crippen LogP contribution in [0.25, 0.3) is 0 Å². The van der Waals surface area contributed by atoms with E-state index in [9.17, 15) is 0 Å². The Morgan fingerprint density at radius 2 is 1.93 bits per heavy atom. The molecular formula is C12H20N2O. The number of hydrogen-bond donors (Lipinski definition) is 2. The molecule has 0 aliphatic rings. The van der Waals surface area contributed by atoms with Gasteiger partial charge in [-0.3, -0.25) is 5.32 Å². The summed E-state index contributed by atoms with van der Waals surface area (Å²) >= 11 is 0. The van der Waals surface area contributed by atoms with E-state index < -0.39 is 0 Å². The zero-order chi connectivity index (χ0) is 11.3. The molecule has 0 spiro atoms. The number of nitrogens with one attached hydrogen (secondary N) is 1. The Hall–Kier alpha value is -0.900. The second-order valence-corrected chi connectivity index (χ2v) is 3.70. The van der Waals surface area contributed by atoms with E-state index in [0.717, 1.165) is 5.56 Å². The Labute approximate surface area is 91.6 Å². The van der Waals surface area contributed by atoms with Crippen molar-refractivity contribution in [3.8, 4) is 0 Å². The van der Waals surface area contributed by atoms with Gasteiger partial charge >= 0.3 is 0 Å². The maximum Gasteiger partial charge on any atom is 0.135 e. The lowest BCUT2D eigenvalue weighted by Gasteiger charge is -2.21. The molecule has 2 unspecified atom stereocenters. The molecule has 3 N–H and O–H groups in total. The van der Waals surface area contributed by atoms with Crippen LogP contribution in [-0.4, -0.2) is 12.8 Å². The van der Waals surface area contributed by atoms with Gasteiger partial charge in [-0.05, 0) is 26.3 Å². The summed E-state index contributed by atoms with van der Waals surface area (Å²) in [5.41, 5.74) is 8.06. The van der Waals surface area contributed by atoms with Crippen LogP contribution in [0, 0.1) is 6.92 Å². The fourth-order valence-corrected chi connectivity index (χ4v) is 1.39. The molecule has 1 rings (SSSR count). The van der Waals surface area contributed by atoms with Crippen LogP contribution in [0.15, 0.2) is 24.3 Å². The molecule has 0 saturated carbocycles. The lowest BCUT2D eigenvalue weighted by atomic mass is 10.1. The minimum absolute atomic E-state index is 0.0807. The van der Waals surface area contributed by atoms with E-state index in [2.05, 4.69) is 36.5 Å². The van der Waals surface area contributed by atoms with Gasteiger partial charge in [0.2, 0.25) is 0 Å². The van der Waals surface area contributed by atoms with Crippen LogP contribution in [0.5, 0.6) is 0 Å². The molecule has 0 aromatic heterocycles. The molecule has 0 bridgehead atoms. The Balaban J connectivity index is 2.74. The monoisotopic (exact) mass is 208 g/mol. The van der Waals surface area contributed by atoms with Gasteiger partial charge in [0.1, 0.15) is 6.23 Å². The van der Waals surface area contributed by atoms with Crippen molar-refractivity contribution in [2.75, 3.05) is 6.61 Å². The van der Waals surface area contributed by atoms with E-state index in [1.807, 2.05) is 13.8 Å². The molecule has 15 heavy (non-hydrogen) atoms. The zero-order valence-corrected chi connectivity index (χ0v) is 9.66. The molecule has 3 heteroatoms. The number of ether oxygens (including phenoxy) is 1. The van der Waals surface area contributed by atoms with Crippen molar-refractivity contribution in [1.82, 2.24) is 5.32 Å². The van der Waals surface area contributed by atoms with Crippen molar-refractivity contribution in [2.45, 2.75) is 33.2 Å². The van der Waals surface area contributed by atoms with Crippen LogP contribution in [0.1, 0.15) is 31.2 Å². The third-order valence-corrected chi connectivity index (χ3v) is 2.13. The summed E-state index contributed by atoms with van der Waals surface area (Å²) in [7, 11) is 0. The van der Waals surface area contributed by atoms with E-state index in [0.29, 0.717) is 6.61 Å². The van der Waals surface area contributed by atoms with Gasteiger partial charge < -0.3 is 10.5 Å². The Morgan fingerprint density at radius 3 is 2.40 bits per heavy atom. The van der Waals surface area contributed by atoms with E-state index in [4.69, 9.17) is 10.5 Å². The smallest absolute Gasteiger partial charge is 0.135 e. The summed E-state index contributed by atoms with van der Waals surface area (Å²) in [4.78, 5) is 0. The van der Waals surface area contributed by atoms with Gasteiger partial charge in [0, 0.05) is 6.61 Å². The van der Waals surface area contributed by atoms with Gasteiger partial charge in [-0.2, -0.15) is 0 Å². The molecule has 0 radical (unpaired) electrons. The molecule has 0 aliphatic carbocycles. The third kappa shape index (κ3) is 4.00. The predicted octanol–water partition coefficient (Wildman–Crippen LogP) is 1.92. The average molecular weight is 208 g/mol.